The maximum atomic E-state index is 13.0. The van der Waals surface area contributed by atoms with Gasteiger partial charge in [-0.2, -0.15) is 0 Å². The summed E-state index contributed by atoms with van der Waals surface area (Å²) in [6.07, 6.45) is 1.95. The van der Waals surface area contributed by atoms with Crippen molar-refractivity contribution in [1.82, 2.24) is 14.5 Å². The Morgan fingerprint density at radius 3 is 2.85 bits per heavy atom. The van der Waals surface area contributed by atoms with Gasteiger partial charge in [0, 0.05) is 25.8 Å². The third kappa shape index (κ3) is 3.85. The van der Waals surface area contributed by atoms with E-state index in [9.17, 15) is 13.2 Å². The standard InChI is InChI=1S/C18H23N3O5S/c1-27(23,24)11-16-19-14-4-2-3-5-15(14)21(16)10-17(22)20-7-9-26-18(12-20)6-8-25-13-18/h2-5H,6-13H2,1H3. The molecule has 2 aromatic rings. The SMILES string of the molecule is CS(=O)(=O)Cc1nc2ccccc2n1CC(=O)N1CCOC2(CCOC2)C1. The second-order valence-electron chi connectivity index (χ2n) is 7.32. The van der Waals surface area contributed by atoms with Gasteiger partial charge in [0.15, 0.2) is 9.84 Å². The lowest BCUT2D eigenvalue weighted by atomic mass is 10.0. The molecule has 3 heterocycles. The van der Waals surface area contributed by atoms with Crippen LogP contribution in [0.5, 0.6) is 0 Å². The van der Waals surface area contributed by atoms with E-state index in [4.69, 9.17) is 9.47 Å². The van der Waals surface area contributed by atoms with E-state index < -0.39 is 15.4 Å². The van der Waals surface area contributed by atoms with Crippen molar-refractivity contribution in [3.05, 3.63) is 30.1 Å². The molecule has 4 rings (SSSR count). The van der Waals surface area contributed by atoms with Gasteiger partial charge in [0.1, 0.15) is 23.7 Å². The van der Waals surface area contributed by atoms with Crippen molar-refractivity contribution in [3.8, 4) is 0 Å². The van der Waals surface area contributed by atoms with Crippen molar-refractivity contribution in [2.45, 2.75) is 24.3 Å². The first-order valence-electron chi connectivity index (χ1n) is 8.97. The number of hydrogen-bond donors (Lipinski definition) is 0. The number of benzene rings is 1. The molecule has 0 N–H and O–H groups in total. The summed E-state index contributed by atoms with van der Waals surface area (Å²) in [6, 6.07) is 7.38. The molecule has 2 aliphatic rings. The monoisotopic (exact) mass is 393 g/mol. The Labute approximate surface area is 158 Å². The topological polar surface area (TPSA) is 90.7 Å². The number of carbonyl (C=O) groups excluding carboxylic acids is 1. The average Bonchev–Trinajstić information content (AvgIpc) is 3.19. The number of amides is 1. The molecule has 1 amide bonds. The first-order chi connectivity index (χ1) is 12.9. The number of aromatic nitrogens is 2. The minimum absolute atomic E-state index is 0.0578. The lowest BCUT2D eigenvalue weighted by Crippen LogP contribution is -2.54. The van der Waals surface area contributed by atoms with Gasteiger partial charge in [0.05, 0.1) is 30.8 Å². The van der Waals surface area contributed by atoms with Crippen LogP contribution in [-0.4, -0.2) is 73.5 Å². The summed E-state index contributed by atoms with van der Waals surface area (Å²) in [5.41, 5.74) is 1.05. The fourth-order valence-corrected chi connectivity index (χ4v) is 4.46. The number of morpholine rings is 1. The fourth-order valence-electron chi connectivity index (χ4n) is 3.77. The molecule has 2 fully saturated rings. The van der Waals surface area contributed by atoms with E-state index in [1.807, 2.05) is 24.3 Å². The number of sulfone groups is 1. The van der Waals surface area contributed by atoms with E-state index in [0.717, 1.165) is 11.9 Å². The summed E-state index contributed by atoms with van der Waals surface area (Å²) >= 11 is 0. The van der Waals surface area contributed by atoms with Gasteiger partial charge in [0.25, 0.3) is 0 Å². The molecule has 2 saturated heterocycles. The molecule has 1 unspecified atom stereocenters. The Kier molecular flexibility index (Phi) is 4.69. The van der Waals surface area contributed by atoms with Crippen molar-refractivity contribution in [1.29, 1.82) is 0 Å². The number of nitrogens with zero attached hydrogens (tertiary/aromatic N) is 3. The van der Waals surface area contributed by atoms with Crippen molar-refractivity contribution in [3.63, 3.8) is 0 Å². The number of para-hydroxylation sites is 2. The molecule has 0 bridgehead atoms. The highest BCUT2D eigenvalue weighted by Crippen LogP contribution is 2.28. The Bertz CT molecular complexity index is 963. The summed E-state index contributed by atoms with van der Waals surface area (Å²) in [4.78, 5) is 19.2. The highest BCUT2D eigenvalue weighted by atomic mass is 32.2. The number of hydrogen-bond acceptors (Lipinski definition) is 6. The van der Waals surface area contributed by atoms with Crippen LogP contribution < -0.4 is 0 Å². The molecule has 0 aliphatic carbocycles. The predicted octanol–water partition coefficient (Wildman–Crippen LogP) is 0.599. The van der Waals surface area contributed by atoms with Gasteiger partial charge in [-0.3, -0.25) is 4.79 Å². The summed E-state index contributed by atoms with van der Waals surface area (Å²) < 4.78 is 36.7. The molecular weight excluding hydrogens is 370 g/mol. The number of ether oxygens (including phenoxy) is 2. The first kappa shape index (κ1) is 18.4. The Morgan fingerprint density at radius 2 is 2.11 bits per heavy atom. The highest BCUT2D eigenvalue weighted by Gasteiger charge is 2.41. The highest BCUT2D eigenvalue weighted by molar-refractivity contribution is 7.89. The minimum atomic E-state index is -3.27. The molecule has 1 spiro atoms. The van der Waals surface area contributed by atoms with Crippen LogP contribution in [0.25, 0.3) is 11.0 Å². The van der Waals surface area contributed by atoms with Gasteiger partial charge in [-0.25, -0.2) is 13.4 Å². The molecule has 1 aromatic heterocycles. The van der Waals surface area contributed by atoms with Crippen LogP contribution >= 0.6 is 0 Å². The smallest absolute Gasteiger partial charge is 0.242 e. The summed E-state index contributed by atoms with van der Waals surface area (Å²) in [5.74, 6) is 0.122. The van der Waals surface area contributed by atoms with E-state index in [2.05, 4.69) is 4.98 Å². The molecule has 2 aliphatic heterocycles. The van der Waals surface area contributed by atoms with E-state index in [1.54, 1.807) is 9.47 Å². The van der Waals surface area contributed by atoms with Crippen molar-refractivity contribution in [2.24, 2.45) is 0 Å². The molecule has 1 atom stereocenters. The zero-order valence-corrected chi connectivity index (χ0v) is 16.1. The lowest BCUT2D eigenvalue weighted by Gasteiger charge is -2.39. The molecule has 0 radical (unpaired) electrons. The van der Waals surface area contributed by atoms with Gasteiger partial charge in [-0.15, -0.1) is 0 Å². The van der Waals surface area contributed by atoms with E-state index in [-0.39, 0.29) is 18.2 Å². The summed E-state index contributed by atoms with van der Waals surface area (Å²) in [6.45, 7) is 2.71. The van der Waals surface area contributed by atoms with Gasteiger partial charge in [0.2, 0.25) is 5.91 Å². The second kappa shape index (κ2) is 6.88. The molecule has 27 heavy (non-hydrogen) atoms. The largest absolute Gasteiger partial charge is 0.378 e. The average molecular weight is 393 g/mol. The zero-order chi connectivity index (χ0) is 19.1. The normalized spacial score (nSPS) is 23.4. The Balaban J connectivity index is 1.60. The maximum Gasteiger partial charge on any atom is 0.242 e. The quantitative estimate of drug-likeness (QED) is 0.756. The molecule has 146 valence electrons. The Hall–Kier alpha value is -1.97. The first-order valence-corrected chi connectivity index (χ1v) is 11.0. The predicted molar refractivity (Wildman–Crippen MR) is 99.0 cm³/mol. The van der Waals surface area contributed by atoms with Crippen LogP contribution in [0.3, 0.4) is 0 Å². The molecular formula is C18H23N3O5S. The van der Waals surface area contributed by atoms with Crippen LogP contribution in [0.15, 0.2) is 24.3 Å². The third-order valence-electron chi connectivity index (χ3n) is 5.09. The van der Waals surface area contributed by atoms with Crippen molar-refractivity contribution < 1.29 is 22.7 Å². The van der Waals surface area contributed by atoms with E-state index >= 15 is 0 Å². The number of rotatable bonds is 4. The van der Waals surface area contributed by atoms with Crippen molar-refractivity contribution >= 4 is 26.8 Å². The summed E-state index contributed by atoms with van der Waals surface area (Å²) in [7, 11) is -3.27. The van der Waals surface area contributed by atoms with Gasteiger partial charge < -0.3 is 18.9 Å². The van der Waals surface area contributed by atoms with Gasteiger partial charge in [-0.1, -0.05) is 12.1 Å². The molecule has 9 heteroatoms. The molecule has 1 aromatic carbocycles. The maximum absolute atomic E-state index is 13.0. The van der Waals surface area contributed by atoms with Gasteiger partial charge in [-0.05, 0) is 12.1 Å². The van der Waals surface area contributed by atoms with Crippen LogP contribution in [0.1, 0.15) is 12.2 Å². The number of fused-ring (bicyclic) bond motifs is 1. The zero-order valence-electron chi connectivity index (χ0n) is 15.3. The van der Waals surface area contributed by atoms with Crippen LogP contribution in [0.2, 0.25) is 0 Å². The fraction of sp³-hybridized carbons (Fsp3) is 0.556. The number of carbonyl (C=O) groups is 1. The molecule has 8 nitrogen and oxygen atoms in total. The number of imidazole rings is 1. The molecule has 0 saturated carbocycles. The second-order valence-corrected chi connectivity index (χ2v) is 9.46. The van der Waals surface area contributed by atoms with E-state index in [0.29, 0.717) is 44.3 Å². The van der Waals surface area contributed by atoms with E-state index in [1.165, 1.54) is 6.26 Å². The van der Waals surface area contributed by atoms with Crippen LogP contribution in [-0.2, 0) is 36.4 Å². The third-order valence-corrected chi connectivity index (χ3v) is 5.87. The lowest BCUT2D eigenvalue weighted by molar-refractivity contribution is -0.151. The minimum Gasteiger partial charge on any atom is -0.378 e. The Morgan fingerprint density at radius 1 is 1.30 bits per heavy atom. The van der Waals surface area contributed by atoms with Crippen LogP contribution in [0.4, 0.5) is 0 Å². The van der Waals surface area contributed by atoms with Gasteiger partial charge >= 0.3 is 0 Å². The van der Waals surface area contributed by atoms with Crippen LogP contribution in [0, 0.1) is 0 Å². The summed E-state index contributed by atoms with van der Waals surface area (Å²) in [5, 5.41) is 0. The van der Waals surface area contributed by atoms with Crippen molar-refractivity contribution in [2.75, 3.05) is 39.2 Å².